The van der Waals surface area contributed by atoms with Crippen LogP contribution in [-0.4, -0.2) is 59.5 Å². The van der Waals surface area contributed by atoms with E-state index in [1.165, 1.54) is 42.7 Å². The molecule has 1 N–H and O–H groups in total. The first-order valence-corrected chi connectivity index (χ1v) is 11.5. The molecule has 0 spiro atoms. The van der Waals surface area contributed by atoms with Crippen molar-refractivity contribution in [2.45, 2.75) is 12.5 Å². The van der Waals surface area contributed by atoms with Gasteiger partial charge in [-0.1, -0.05) is 17.9 Å². The number of anilines is 1. The lowest BCUT2D eigenvalue weighted by atomic mass is 10.2. The summed E-state index contributed by atoms with van der Waals surface area (Å²) in [5.74, 6) is -1.15. The quantitative estimate of drug-likeness (QED) is 0.181. The minimum atomic E-state index is -0.671. The van der Waals surface area contributed by atoms with Gasteiger partial charge in [-0.15, -0.1) is 0 Å². The number of hydrogen-bond donors (Lipinski definition) is 1. The average Bonchev–Trinajstić information content (AvgIpc) is 3.63. The van der Waals surface area contributed by atoms with Gasteiger partial charge in [-0.3, -0.25) is 19.7 Å². The van der Waals surface area contributed by atoms with Gasteiger partial charge < -0.3 is 10.2 Å². The van der Waals surface area contributed by atoms with Gasteiger partial charge in [0.1, 0.15) is 5.82 Å². The van der Waals surface area contributed by atoms with E-state index in [1.54, 1.807) is 9.58 Å². The Hall–Kier alpha value is -4.59. The van der Waals surface area contributed by atoms with Crippen molar-refractivity contribution in [3.05, 3.63) is 70.3 Å². The number of likely N-dealkylation sites (tertiary alicyclic amines) is 1. The van der Waals surface area contributed by atoms with Gasteiger partial charge in [0.15, 0.2) is 11.5 Å². The predicted molar refractivity (Wildman–Crippen MR) is 128 cm³/mol. The van der Waals surface area contributed by atoms with Crippen LogP contribution in [0.15, 0.2) is 49.3 Å². The highest BCUT2D eigenvalue weighted by atomic mass is 32.1. The third kappa shape index (κ3) is 4.29. The summed E-state index contributed by atoms with van der Waals surface area (Å²) in [6.07, 6.45) is 4.67. The summed E-state index contributed by atoms with van der Waals surface area (Å²) in [5, 5.41) is 18.4. The molecule has 0 aliphatic carbocycles. The fourth-order valence-electron chi connectivity index (χ4n) is 3.91. The van der Waals surface area contributed by atoms with Gasteiger partial charge in [0.25, 0.3) is 5.91 Å². The van der Waals surface area contributed by atoms with Gasteiger partial charge in [-0.2, -0.15) is 9.49 Å². The van der Waals surface area contributed by atoms with Crippen molar-refractivity contribution in [1.29, 1.82) is 0 Å². The second kappa shape index (κ2) is 9.22. The minimum absolute atomic E-state index is 0.125. The van der Waals surface area contributed by atoms with E-state index in [-0.39, 0.29) is 33.5 Å². The Labute approximate surface area is 206 Å². The first-order chi connectivity index (χ1) is 17.3. The van der Waals surface area contributed by atoms with E-state index in [0.29, 0.717) is 36.1 Å². The van der Waals surface area contributed by atoms with E-state index in [9.17, 15) is 24.1 Å². The Kier molecular flexibility index (Phi) is 5.93. The number of pyridine rings is 1. The Morgan fingerprint density at radius 2 is 2.08 bits per heavy atom. The Bertz CT molecular complexity index is 1520. The zero-order valence-electron chi connectivity index (χ0n) is 18.5. The van der Waals surface area contributed by atoms with Crippen molar-refractivity contribution in [1.82, 2.24) is 29.6 Å². The van der Waals surface area contributed by atoms with Gasteiger partial charge in [-0.05, 0) is 30.7 Å². The maximum atomic E-state index is 13.4. The largest absolute Gasteiger partial charge is 0.337 e. The Morgan fingerprint density at radius 3 is 2.78 bits per heavy atom. The molecule has 5 rings (SSSR count). The lowest BCUT2D eigenvalue weighted by Gasteiger charge is -2.15. The van der Waals surface area contributed by atoms with Gasteiger partial charge in [0, 0.05) is 30.9 Å². The van der Waals surface area contributed by atoms with Crippen LogP contribution in [0, 0.1) is 16.1 Å². The molecule has 2 amide bonds. The van der Waals surface area contributed by atoms with Crippen LogP contribution in [0.25, 0.3) is 22.4 Å². The number of thiophene rings is 1. The number of nitrogens with zero attached hydrogens (tertiary/aromatic N) is 7. The van der Waals surface area contributed by atoms with Crippen LogP contribution in [-0.2, 0) is 4.79 Å². The summed E-state index contributed by atoms with van der Waals surface area (Å²) in [7, 11) is 0. The van der Waals surface area contributed by atoms with Crippen LogP contribution < -0.4 is 5.32 Å². The van der Waals surface area contributed by atoms with E-state index in [2.05, 4.69) is 31.9 Å². The first-order valence-electron chi connectivity index (χ1n) is 10.7. The lowest BCUT2D eigenvalue weighted by molar-refractivity contribution is -0.380. The molecule has 1 fully saturated rings. The van der Waals surface area contributed by atoms with E-state index >= 15 is 0 Å². The van der Waals surface area contributed by atoms with E-state index in [0.717, 1.165) is 11.3 Å². The molecule has 182 valence electrons. The van der Waals surface area contributed by atoms with Gasteiger partial charge in [0.2, 0.25) is 11.9 Å². The molecule has 1 aliphatic rings. The molecule has 36 heavy (non-hydrogen) atoms. The summed E-state index contributed by atoms with van der Waals surface area (Å²) >= 11 is 0.734. The Balaban J connectivity index is 1.56. The summed E-state index contributed by atoms with van der Waals surface area (Å²) in [5.41, 5.74) is 0.804. The first kappa shape index (κ1) is 23.2. The number of nitro groups is 1. The summed E-state index contributed by atoms with van der Waals surface area (Å²) in [4.78, 5) is 49.8. The summed E-state index contributed by atoms with van der Waals surface area (Å²) in [6, 6.07) is 5.05. The van der Waals surface area contributed by atoms with Crippen LogP contribution in [0.2, 0.25) is 0 Å². The van der Waals surface area contributed by atoms with Crippen LogP contribution in [0.1, 0.15) is 22.1 Å². The molecule has 0 unspecified atom stereocenters. The third-order valence-corrected chi connectivity index (χ3v) is 6.70. The molecule has 0 radical (unpaired) electrons. The van der Waals surface area contributed by atoms with Crippen molar-refractivity contribution in [3.8, 4) is 11.4 Å². The minimum Gasteiger partial charge on any atom is -0.337 e. The second-order valence-electron chi connectivity index (χ2n) is 7.87. The third-order valence-electron chi connectivity index (χ3n) is 5.66. The number of carbonyl (C=O) groups is 2. The van der Waals surface area contributed by atoms with Crippen LogP contribution in [0.5, 0.6) is 0 Å². The molecule has 1 saturated heterocycles. The van der Waals surface area contributed by atoms with E-state index in [4.69, 9.17) is 0 Å². The number of hydrogen-bond acceptors (Lipinski definition) is 9. The molecule has 0 aromatic carbocycles. The molecule has 0 bridgehead atoms. The van der Waals surface area contributed by atoms with E-state index < -0.39 is 16.8 Å². The topological polar surface area (TPSA) is 149 Å². The number of nitrogens with one attached hydrogen (secondary N) is 1. The van der Waals surface area contributed by atoms with Crippen molar-refractivity contribution in [2.24, 2.45) is 0 Å². The second-order valence-corrected chi connectivity index (χ2v) is 8.93. The average molecular weight is 508 g/mol. The van der Waals surface area contributed by atoms with Crippen LogP contribution in [0.3, 0.4) is 0 Å². The van der Waals surface area contributed by atoms with Gasteiger partial charge in [-0.25, -0.2) is 19.6 Å². The number of amides is 2. The fourth-order valence-corrected chi connectivity index (χ4v) is 4.63. The molecule has 1 atom stereocenters. The number of carbonyl (C=O) groups excluding carboxylic acids is 2. The fraction of sp³-hybridized carbons (Fsp3) is 0.182. The highest BCUT2D eigenvalue weighted by Crippen LogP contribution is 2.31. The SMILES string of the molecule is C=CC(=O)N1CC[C@H](n2ncc3c(NC(=O)c4ccc([N+](=O)[O-])s4)nc(-c4ccc(F)nc4)nc32)C1. The smallest absolute Gasteiger partial charge is 0.324 e. The molecular formula is C22H17FN8O4S. The molecule has 5 heterocycles. The van der Waals surface area contributed by atoms with Crippen molar-refractivity contribution >= 4 is 45.0 Å². The maximum absolute atomic E-state index is 13.4. The van der Waals surface area contributed by atoms with E-state index in [1.807, 2.05) is 0 Å². The molecule has 14 heteroatoms. The molecule has 4 aromatic rings. The molecule has 12 nitrogen and oxygen atoms in total. The number of rotatable bonds is 6. The number of halogens is 1. The zero-order valence-corrected chi connectivity index (χ0v) is 19.3. The predicted octanol–water partition coefficient (Wildman–Crippen LogP) is 3.21. The lowest BCUT2D eigenvalue weighted by Crippen LogP contribution is -2.27. The normalized spacial score (nSPS) is 15.2. The molecule has 1 aliphatic heterocycles. The van der Waals surface area contributed by atoms with Crippen molar-refractivity contribution in [3.63, 3.8) is 0 Å². The van der Waals surface area contributed by atoms with Gasteiger partial charge in [0.05, 0.1) is 27.4 Å². The monoisotopic (exact) mass is 508 g/mol. The van der Waals surface area contributed by atoms with Crippen LogP contribution in [0.4, 0.5) is 15.2 Å². The maximum Gasteiger partial charge on any atom is 0.324 e. The molecular weight excluding hydrogens is 491 g/mol. The molecule has 4 aromatic heterocycles. The van der Waals surface area contributed by atoms with Crippen molar-refractivity contribution < 1.29 is 18.9 Å². The Morgan fingerprint density at radius 1 is 1.25 bits per heavy atom. The summed E-state index contributed by atoms with van der Waals surface area (Å²) in [6.45, 7) is 4.45. The zero-order chi connectivity index (χ0) is 25.4. The standard InChI is InChI=1S/C22H17FN8O4S/c1-2-17(32)29-8-7-13(11-29)30-21-14(10-25-30)20(26-19(27-21)12-3-5-16(23)24-9-12)28-22(33)15-4-6-18(36-15)31(34)35/h2-6,9-10,13H,1,7-8,11H2,(H,26,27,28,33)/t13-/m0/s1. The highest BCUT2D eigenvalue weighted by molar-refractivity contribution is 7.17. The van der Waals surface area contributed by atoms with Gasteiger partial charge >= 0.3 is 5.00 Å². The highest BCUT2D eigenvalue weighted by Gasteiger charge is 2.29. The number of aromatic nitrogens is 5. The summed E-state index contributed by atoms with van der Waals surface area (Å²) < 4.78 is 15.1. The van der Waals surface area contributed by atoms with Crippen molar-refractivity contribution in [2.75, 3.05) is 18.4 Å². The number of fused-ring (bicyclic) bond motifs is 1. The molecule has 0 saturated carbocycles. The van der Waals surface area contributed by atoms with Crippen LogP contribution >= 0.6 is 11.3 Å².